The zero-order valence-corrected chi connectivity index (χ0v) is 36.1. The lowest BCUT2D eigenvalue weighted by Crippen LogP contribution is -2.58. The molecular weight excluding hydrogens is 793 g/mol. The average molecular weight is 851 g/mol. The Labute approximate surface area is 357 Å². The molecule has 16 heteroatoms. The summed E-state index contributed by atoms with van der Waals surface area (Å²) in [7, 11) is -3.70. The van der Waals surface area contributed by atoms with Crippen LogP contribution in [-0.4, -0.2) is 109 Å². The van der Waals surface area contributed by atoms with E-state index in [1.165, 1.54) is 11.3 Å². The highest BCUT2D eigenvalue weighted by Gasteiger charge is 2.38. The number of nitrogens with one attached hydrogen (secondary N) is 4. The van der Waals surface area contributed by atoms with Gasteiger partial charge in [-0.25, -0.2) is 18.1 Å². The van der Waals surface area contributed by atoms with Crippen molar-refractivity contribution in [2.75, 3.05) is 61.3 Å². The molecule has 9 rings (SSSR count). The van der Waals surface area contributed by atoms with Crippen molar-refractivity contribution in [3.63, 3.8) is 0 Å². The molecule has 4 N–H and O–H groups in total. The van der Waals surface area contributed by atoms with E-state index >= 15 is 0 Å². The summed E-state index contributed by atoms with van der Waals surface area (Å²) >= 11 is 0. The van der Waals surface area contributed by atoms with Gasteiger partial charge in [-0.1, -0.05) is 12.8 Å². The summed E-state index contributed by atoms with van der Waals surface area (Å²) in [6.45, 7) is 11.3. The molecule has 15 nitrogen and oxygen atoms in total. The Morgan fingerprint density at radius 2 is 1.59 bits per heavy atom. The second-order valence-electron chi connectivity index (χ2n) is 17.9. The van der Waals surface area contributed by atoms with Crippen LogP contribution in [0.25, 0.3) is 11.0 Å². The lowest BCUT2D eigenvalue weighted by molar-refractivity contribution is -0.133. The molecule has 0 radical (unpaired) electrons. The van der Waals surface area contributed by atoms with Crippen molar-refractivity contribution in [1.82, 2.24) is 34.4 Å². The Morgan fingerprint density at radius 3 is 2.31 bits per heavy atom. The molecule has 1 atom stereocenters. The van der Waals surface area contributed by atoms with Crippen LogP contribution in [0.4, 0.5) is 23.0 Å². The van der Waals surface area contributed by atoms with E-state index < -0.39 is 10.0 Å². The number of hydrogen-bond acceptors (Lipinski definition) is 12. The highest BCUT2D eigenvalue weighted by atomic mass is 32.2. The van der Waals surface area contributed by atoms with E-state index in [-0.39, 0.29) is 40.4 Å². The van der Waals surface area contributed by atoms with Crippen LogP contribution in [0.2, 0.25) is 0 Å². The van der Waals surface area contributed by atoms with Crippen LogP contribution in [0.1, 0.15) is 81.4 Å². The fraction of sp³-hybridized carbons (Fsp3) is 0.533. The smallest absolute Gasteiger partial charge is 0.252 e. The third-order valence-corrected chi connectivity index (χ3v) is 15.2. The molecule has 5 aliphatic rings. The van der Waals surface area contributed by atoms with E-state index in [9.17, 15) is 22.8 Å². The van der Waals surface area contributed by atoms with Crippen LogP contribution in [0.5, 0.6) is 0 Å². The van der Waals surface area contributed by atoms with Crippen molar-refractivity contribution < 1.29 is 18.0 Å². The van der Waals surface area contributed by atoms with Crippen molar-refractivity contribution >= 4 is 55.9 Å². The van der Waals surface area contributed by atoms with Crippen molar-refractivity contribution in [2.45, 2.75) is 107 Å². The molecule has 2 amide bonds. The van der Waals surface area contributed by atoms with Gasteiger partial charge in [-0.2, -0.15) is 4.98 Å². The van der Waals surface area contributed by atoms with Gasteiger partial charge in [0.15, 0.2) is 0 Å². The number of carbonyl (C=O) groups excluding carboxylic acids is 2. The van der Waals surface area contributed by atoms with Crippen molar-refractivity contribution in [2.24, 2.45) is 5.92 Å². The number of piperidine rings is 2. The van der Waals surface area contributed by atoms with Crippen LogP contribution in [-0.2, 0) is 19.6 Å². The quantitative estimate of drug-likeness (QED) is 0.143. The molecule has 324 valence electrons. The number of rotatable bonds is 12. The number of sulfonamides is 1. The maximum absolute atomic E-state index is 13.5. The molecule has 0 spiro atoms. The number of aromatic nitrogens is 3. The number of aryl methyl sites for hydroxylation is 2. The number of benzene rings is 2. The summed E-state index contributed by atoms with van der Waals surface area (Å²) in [5.41, 5.74) is 5.34. The van der Waals surface area contributed by atoms with Gasteiger partial charge in [-0.15, -0.1) is 0 Å². The zero-order chi connectivity index (χ0) is 42.3. The summed E-state index contributed by atoms with van der Waals surface area (Å²) in [5, 5.41) is 9.78. The number of hydrogen-bond donors (Lipinski definition) is 4. The number of carbonyl (C=O) groups is 2. The van der Waals surface area contributed by atoms with Gasteiger partial charge in [0.2, 0.25) is 27.8 Å². The first-order chi connectivity index (χ1) is 29.5. The van der Waals surface area contributed by atoms with Gasteiger partial charge >= 0.3 is 0 Å². The van der Waals surface area contributed by atoms with Crippen LogP contribution < -0.4 is 31.1 Å². The molecule has 3 saturated heterocycles. The molecule has 5 fully saturated rings. The predicted octanol–water partition coefficient (Wildman–Crippen LogP) is 4.83. The van der Waals surface area contributed by atoms with Gasteiger partial charge in [-0.05, 0) is 118 Å². The SMILES string of the molecule is Cc1cc(S(=O)(=O)NC2CC(N3CCN(CC4CCN(c5ccc(NC6CCC(=O)NC6=O)cc5C)CC4)CC3)C2)ccc1Nc1ncc2ccc(=O)n(C3CCCC3)c2n1. The lowest BCUT2D eigenvalue weighted by Gasteiger charge is -2.47. The summed E-state index contributed by atoms with van der Waals surface area (Å²) in [6.07, 6.45) is 10.7. The molecule has 5 heterocycles. The first-order valence-corrected chi connectivity index (χ1v) is 23.6. The molecule has 2 aliphatic carbocycles. The second-order valence-corrected chi connectivity index (χ2v) is 19.6. The zero-order valence-electron chi connectivity index (χ0n) is 35.2. The predicted molar refractivity (Wildman–Crippen MR) is 237 cm³/mol. The van der Waals surface area contributed by atoms with Gasteiger partial charge in [0.1, 0.15) is 11.7 Å². The first kappa shape index (κ1) is 41.5. The van der Waals surface area contributed by atoms with Crippen LogP contribution >= 0.6 is 0 Å². The Morgan fingerprint density at radius 1 is 0.820 bits per heavy atom. The highest BCUT2D eigenvalue weighted by Crippen LogP contribution is 2.33. The molecule has 2 saturated carbocycles. The third kappa shape index (κ3) is 9.18. The number of fused-ring (bicyclic) bond motifs is 1. The van der Waals surface area contributed by atoms with E-state index in [1.807, 2.05) is 13.0 Å². The maximum Gasteiger partial charge on any atom is 0.252 e. The largest absolute Gasteiger partial charge is 0.374 e. The normalized spacial score (nSPS) is 23.6. The monoisotopic (exact) mass is 850 g/mol. The number of anilines is 4. The third-order valence-electron chi connectivity index (χ3n) is 13.7. The van der Waals surface area contributed by atoms with Crippen molar-refractivity contribution in [1.29, 1.82) is 0 Å². The first-order valence-electron chi connectivity index (χ1n) is 22.2. The fourth-order valence-corrected chi connectivity index (χ4v) is 11.5. The second kappa shape index (κ2) is 17.5. The Hall–Kier alpha value is -4.90. The summed E-state index contributed by atoms with van der Waals surface area (Å²) in [5.74, 6) is 0.568. The van der Waals surface area contributed by atoms with Gasteiger partial charge in [0.05, 0.1) is 4.90 Å². The lowest BCUT2D eigenvalue weighted by atomic mass is 9.86. The van der Waals surface area contributed by atoms with E-state index in [4.69, 9.17) is 4.98 Å². The Balaban J connectivity index is 0.708. The van der Waals surface area contributed by atoms with Gasteiger partial charge in [-0.3, -0.25) is 29.2 Å². The van der Waals surface area contributed by atoms with Crippen molar-refractivity contribution in [3.8, 4) is 0 Å². The van der Waals surface area contributed by atoms with Crippen LogP contribution in [0, 0.1) is 19.8 Å². The Kier molecular flexibility index (Phi) is 11.9. The molecule has 4 aromatic rings. The molecule has 0 bridgehead atoms. The molecule has 2 aromatic heterocycles. The highest BCUT2D eigenvalue weighted by molar-refractivity contribution is 7.89. The molecule has 3 aliphatic heterocycles. The minimum atomic E-state index is -3.70. The van der Waals surface area contributed by atoms with Gasteiger partial charge in [0, 0.05) is 105 Å². The molecule has 2 aromatic carbocycles. The summed E-state index contributed by atoms with van der Waals surface area (Å²) < 4.78 is 31.8. The fourth-order valence-electron chi connectivity index (χ4n) is 10.1. The van der Waals surface area contributed by atoms with E-state index in [2.05, 4.69) is 59.4 Å². The summed E-state index contributed by atoms with van der Waals surface area (Å²) in [6, 6.07) is 14.8. The minimum Gasteiger partial charge on any atom is -0.374 e. The molecule has 1 unspecified atom stereocenters. The number of imide groups is 1. The van der Waals surface area contributed by atoms with E-state index in [0.29, 0.717) is 42.1 Å². The maximum atomic E-state index is 13.5. The number of pyridine rings is 1. The van der Waals surface area contributed by atoms with Gasteiger partial charge in [0.25, 0.3) is 5.56 Å². The number of piperazine rings is 1. The standard InChI is InChI=1S/C45H58N10O5S/c1-29-24-37(9-10-38(29)48-45-46-27-32-7-14-42(57)55(43(32)50-45)35-5-3-4-6-35)61(59,60)51-34-25-36(26-34)53-21-19-52(20-22-53)28-31-15-17-54(18-16-31)40-12-8-33(23-30(40)2)47-39-11-13-41(56)49-44(39)58/h7-10,12,14,23-24,27,31,34-36,39,47,51H,3-6,11,13,15-22,25-26,28H2,1-2H3,(H,46,48,50)(H,49,56,58). The minimum absolute atomic E-state index is 0.0530. The molecular formula is C45H58N10O5S. The molecule has 61 heavy (non-hydrogen) atoms. The van der Waals surface area contributed by atoms with E-state index in [1.54, 1.807) is 41.1 Å². The van der Waals surface area contributed by atoms with E-state index in [0.717, 1.165) is 114 Å². The Bertz CT molecular complexity index is 2450. The topological polar surface area (TPSA) is 174 Å². The van der Waals surface area contributed by atoms with Crippen molar-refractivity contribution in [3.05, 3.63) is 76.2 Å². The van der Waals surface area contributed by atoms with Crippen LogP contribution in [0.15, 0.2) is 64.4 Å². The number of amides is 2. The average Bonchev–Trinajstić information content (AvgIpc) is 3.76. The summed E-state index contributed by atoms with van der Waals surface area (Å²) in [4.78, 5) is 53.6. The number of nitrogens with zero attached hydrogens (tertiary/aromatic N) is 6. The van der Waals surface area contributed by atoms with Crippen LogP contribution in [0.3, 0.4) is 0 Å². The van der Waals surface area contributed by atoms with Gasteiger partial charge < -0.3 is 20.4 Å².